The van der Waals surface area contributed by atoms with Crippen molar-refractivity contribution in [3.05, 3.63) is 72.3 Å². The van der Waals surface area contributed by atoms with E-state index in [2.05, 4.69) is 0 Å². The minimum absolute atomic E-state index is 0.483. The topological polar surface area (TPSA) is 49.3 Å². The van der Waals surface area contributed by atoms with Gasteiger partial charge in [-0.2, -0.15) is 0 Å². The first-order valence-corrected chi connectivity index (χ1v) is 6.33. The number of hydrogen-bond donors (Lipinski definition) is 2. The van der Waals surface area contributed by atoms with Crippen molar-refractivity contribution in [1.82, 2.24) is 5.48 Å². The molecule has 3 rings (SSSR count). The maximum atomic E-state index is 12.1. The monoisotopic (exact) mass is 263 g/mol. The van der Waals surface area contributed by atoms with Crippen LogP contribution in [-0.4, -0.2) is 11.1 Å². The number of carbonyl (C=O) groups is 1. The van der Waals surface area contributed by atoms with Crippen LogP contribution in [-0.2, 0) is 0 Å². The highest BCUT2D eigenvalue weighted by molar-refractivity contribution is 6.12. The second kappa shape index (κ2) is 5.15. The largest absolute Gasteiger partial charge is 0.288 e. The quantitative estimate of drug-likeness (QED) is 0.548. The molecule has 0 aliphatic carbocycles. The molecule has 0 aliphatic heterocycles. The van der Waals surface area contributed by atoms with E-state index >= 15 is 0 Å². The average molecular weight is 263 g/mol. The molecule has 0 fully saturated rings. The Kier molecular flexibility index (Phi) is 3.19. The van der Waals surface area contributed by atoms with Crippen LogP contribution in [0.2, 0.25) is 0 Å². The van der Waals surface area contributed by atoms with Gasteiger partial charge in [0.15, 0.2) is 0 Å². The highest BCUT2D eigenvalue weighted by Crippen LogP contribution is 2.30. The molecule has 0 saturated carbocycles. The van der Waals surface area contributed by atoms with Crippen LogP contribution in [0.15, 0.2) is 66.7 Å². The number of carbonyl (C=O) groups excluding carboxylic acids is 1. The van der Waals surface area contributed by atoms with Gasteiger partial charge in [0.1, 0.15) is 0 Å². The van der Waals surface area contributed by atoms with Crippen LogP contribution in [0, 0.1) is 0 Å². The third kappa shape index (κ3) is 2.04. The molecule has 3 heteroatoms. The van der Waals surface area contributed by atoms with E-state index in [-0.39, 0.29) is 0 Å². The van der Waals surface area contributed by atoms with Gasteiger partial charge in [-0.1, -0.05) is 66.7 Å². The van der Waals surface area contributed by atoms with Crippen molar-refractivity contribution >= 4 is 16.7 Å². The molecule has 2 N–H and O–H groups in total. The molecule has 0 aliphatic rings. The molecule has 0 aromatic heterocycles. The minimum Gasteiger partial charge on any atom is -0.288 e. The standard InChI is InChI=1S/C17H13NO2/c19-17(18-20)16-14-9-5-4-8-13(14)10-11-15(16)12-6-2-1-3-7-12/h1-11,20H,(H,18,19). The van der Waals surface area contributed by atoms with Gasteiger partial charge < -0.3 is 0 Å². The number of benzene rings is 3. The molecule has 0 bridgehead atoms. The second-order valence-corrected chi connectivity index (χ2v) is 4.52. The van der Waals surface area contributed by atoms with Crippen molar-refractivity contribution in [2.24, 2.45) is 0 Å². The van der Waals surface area contributed by atoms with Crippen LogP contribution in [0.5, 0.6) is 0 Å². The smallest absolute Gasteiger partial charge is 0.275 e. The Hall–Kier alpha value is -2.65. The van der Waals surface area contributed by atoms with Crippen molar-refractivity contribution < 1.29 is 10.0 Å². The Bertz CT molecular complexity index is 766. The summed E-state index contributed by atoms with van der Waals surface area (Å²) in [5.41, 5.74) is 3.97. The molecule has 0 spiro atoms. The third-order valence-corrected chi connectivity index (χ3v) is 3.34. The van der Waals surface area contributed by atoms with E-state index < -0.39 is 5.91 Å². The fourth-order valence-electron chi connectivity index (χ4n) is 2.43. The molecule has 0 heterocycles. The lowest BCUT2D eigenvalue weighted by molar-refractivity contribution is 0.0709. The zero-order chi connectivity index (χ0) is 13.9. The molecule has 0 unspecified atom stereocenters. The fraction of sp³-hybridized carbons (Fsp3) is 0. The van der Waals surface area contributed by atoms with Crippen molar-refractivity contribution in [2.45, 2.75) is 0 Å². The number of fused-ring (bicyclic) bond motifs is 1. The van der Waals surface area contributed by atoms with Crippen LogP contribution >= 0.6 is 0 Å². The SMILES string of the molecule is O=C(NO)c1c(-c2ccccc2)ccc2ccccc12. The van der Waals surface area contributed by atoms with Gasteiger partial charge in [-0.05, 0) is 21.9 Å². The molecule has 3 aromatic carbocycles. The molecule has 0 saturated heterocycles. The molecule has 20 heavy (non-hydrogen) atoms. The predicted octanol–water partition coefficient (Wildman–Crippen LogP) is 3.63. The van der Waals surface area contributed by atoms with Gasteiger partial charge in [0.25, 0.3) is 5.91 Å². The molecule has 1 amide bonds. The van der Waals surface area contributed by atoms with Crippen LogP contribution < -0.4 is 5.48 Å². The van der Waals surface area contributed by atoms with E-state index in [1.54, 1.807) is 5.48 Å². The van der Waals surface area contributed by atoms with Crippen molar-refractivity contribution in [3.63, 3.8) is 0 Å². The van der Waals surface area contributed by atoms with Gasteiger partial charge in [-0.3, -0.25) is 10.0 Å². The summed E-state index contributed by atoms with van der Waals surface area (Å²) in [6, 6.07) is 21.2. The summed E-state index contributed by atoms with van der Waals surface area (Å²) in [7, 11) is 0. The first kappa shape index (κ1) is 12.4. The molecular formula is C17H13NO2. The second-order valence-electron chi connectivity index (χ2n) is 4.52. The average Bonchev–Trinajstić information content (AvgIpc) is 2.54. The Morgan fingerprint density at radius 1 is 0.850 bits per heavy atom. The number of nitrogens with one attached hydrogen (secondary N) is 1. The van der Waals surface area contributed by atoms with E-state index in [4.69, 9.17) is 5.21 Å². The maximum Gasteiger partial charge on any atom is 0.275 e. The molecule has 3 aromatic rings. The Balaban J connectivity index is 2.35. The fourth-order valence-corrected chi connectivity index (χ4v) is 2.43. The van der Waals surface area contributed by atoms with Crippen molar-refractivity contribution in [1.29, 1.82) is 0 Å². The predicted molar refractivity (Wildman–Crippen MR) is 78.6 cm³/mol. The maximum absolute atomic E-state index is 12.1. The number of hydroxylamine groups is 1. The summed E-state index contributed by atoms with van der Waals surface area (Å²) in [6.45, 7) is 0. The van der Waals surface area contributed by atoms with Crippen LogP contribution in [0.25, 0.3) is 21.9 Å². The van der Waals surface area contributed by atoms with E-state index in [0.29, 0.717) is 5.56 Å². The summed E-state index contributed by atoms with van der Waals surface area (Å²) >= 11 is 0. The zero-order valence-electron chi connectivity index (χ0n) is 10.7. The zero-order valence-corrected chi connectivity index (χ0v) is 10.7. The summed E-state index contributed by atoms with van der Waals surface area (Å²) in [6.07, 6.45) is 0. The van der Waals surface area contributed by atoms with Crippen LogP contribution in [0.1, 0.15) is 10.4 Å². The molecule has 0 radical (unpaired) electrons. The molecule has 0 atom stereocenters. The highest BCUT2D eigenvalue weighted by Gasteiger charge is 2.15. The first-order valence-electron chi connectivity index (χ1n) is 6.33. The molecule has 98 valence electrons. The van der Waals surface area contributed by atoms with E-state index in [1.807, 2.05) is 66.7 Å². The van der Waals surface area contributed by atoms with Gasteiger partial charge in [0.05, 0.1) is 5.56 Å². The number of rotatable bonds is 2. The van der Waals surface area contributed by atoms with Crippen molar-refractivity contribution in [2.75, 3.05) is 0 Å². The highest BCUT2D eigenvalue weighted by atomic mass is 16.5. The van der Waals surface area contributed by atoms with Crippen LogP contribution in [0.3, 0.4) is 0 Å². The summed E-state index contributed by atoms with van der Waals surface area (Å²) < 4.78 is 0. The molecule has 3 nitrogen and oxygen atoms in total. The normalized spacial score (nSPS) is 10.4. The lowest BCUT2D eigenvalue weighted by atomic mass is 9.94. The van der Waals surface area contributed by atoms with Gasteiger partial charge in [0, 0.05) is 0 Å². The third-order valence-electron chi connectivity index (χ3n) is 3.34. The minimum atomic E-state index is -0.499. The number of hydrogen-bond acceptors (Lipinski definition) is 2. The number of amides is 1. The lowest BCUT2D eigenvalue weighted by Gasteiger charge is -2.11. The Morgan fingerprint density at radius 2 is 1.55 bits per heavy atom. The molecular weight excluding hydrogens is 250 g/mol. The summed E-state index contributed by atoms with van der Waals surface area (Å²) in [5, 5.41) is 10.8. The Labute approximate surface area is 116 Å². The van der Waals surface area contributed by atoms with Gasteiger partial charge >= 0.3 is 0 Å². The van der Waals surface area contributed by atoms with E-state index in [1.165, 1.54) is 0 Å². The first-order chi connectivity index (χ1) is 9.81. The van der Waals surface area contributed by atoms with E-state index in [9.17, 15) is 4.79 Å². The van der Waals surface area contributed by atoms with Gasteiger partial charge in [0.2, 0.25) is 0 Å². The van der Waals surface area contributed by atoms with Crippen molar-refractivity contribution in [3.8, 4) is 11.1 Å². The summed E-state index contributed by atoms with van der Waals surface area (Å²) in [5.74, 6) is -0.499. The van der Waals surface area contributed by atoms with Crippen LogP contribution in [0.4, 0.5) is 0 Å². The van der Waals surface area contributed by atoms with E-state index in [0.717, 1.165) is 21.9 Å². The van der Waals surface area contributed by atoms with Gasteiger partial charge in [-0.15, -0.1) is 0 Å². The lowest BCUT2D eigenvalue weighted by Crippen LogP contribution is -2.19. The van der Waals surface area contributed by atoms with Gasteiger partial charge in [-0.25, -0.2) is 5.48 Å². The summed E-state index contributed by atoms with van der Waals surface area (Å²) in [4.78, 5) is 12.1. The Morgan fingerprint density at radius 3 is 2.30 bits per heavy atom.